The summed E-state index contributed by atoms with van der Waals surface area (Å²) in [5.74, 6) is 0.154. The van der Waals surface area contributed by atoms with Crippen molar-refractivity contribution in [2.45, 2.75) is 27.2 Å². The van der Waals surface area contributed by atoms with E-state index in [1.54, 1.807) is 6.92 Å². The molecule has 0 fully saturated rings. The van der Waals surface area contributed by atoms with E-state index in [9.17, 15) is 10.0 Å². The van der Waals surface area contributed by atoms with Gasteiger partial charge in [0.15, 0.2) is 0 Å². The minimum absolute atomic E-state index is 0.154. The molecule has 0 heterocycles. The number of nitroso groups, excluding NO2 is 1. The molecule has 0 amide bonds. The Kier molecular flexibility index (Phi) is 3.82. The third-order valence-corrected chi connectivity index (χ3v) is 4.24. The second kappa shape index (κ2) is 5.80. The first-order chi connectivity index (χ1) is 11.1. The molecule has 4 nitrogen and oxygen atoms in total. The standard InChI is InChI=1S/C19H18N2O2/c1-4-11(2)20-17-12(3)19(22)16-10-14-8-6-5-7-13(14)9-15(16)18(17)21-23/h5-10,22H,4H2,1-3H3. The quantitative estimate of drug-likeness (QED) is 0.371. The van der Waals surface area contributed by atoms with Gasteiger partial charge in [0.2, 0.25) is 0 Å². The maximum Gasteiger partial charge on any atom is 0.141 e. The third-order valence-electron chi connectivity index (χ3n) is 4.24. The normalized spacial score (nSPS) is 12.0. The minimum atomic E-state index is 0.154. The number of nitrogens with zero attached hydrogens (tertiary/aromatic N) is 2. The van der Waals surface area contributed by atoms with Crippen LogP contribution in [-0.2, 0) is 0 Å². The van der Waals surface area contributed by atoms with Gasteiger partial charge in [0.25, 0.3) is 0 Å². The molecule has 23 heavy (non-hydrogen) atoms. The maximum absolute atomic E-state index is 11.5. The molecule has 3 rings (SSSR count). The summed E-state index contributed by atoms with van der Waals surface area (Å²) >= 11 is 0. The molecule has 0 spiro atoms. The Morgan fingerprint density at radius 2 is 1.70 bits per heavy atom. The van der Waals surface area contributed by atoms with Gasteiger partial charge in [-0.05, 0) is 48.4 Å². The fourth-order valence-electron chi connectivity index (χ4n) is 2.75. The van der Waals surface area contributed by atoms with E-state index in [2.05, 4.69) is 10.2 Å². The van der Waals surface area contributed by atoms with Crippen molar-refractivity contribution in [2.75, 3.05) is 0 Å². The van der Waals surface area contributed by atoms with E-state index in [0.717, 1.165) is 22.9 Å². The average Bonchev–Trinajstić information content (AvgIpc) is 2.58. The highest BCUT2D eigenvalue weighted by Gasteiger charge is 2.18. The first-order valence-electron chi connectivity index (χ1n) is 7.62. The first-order valence-corrected chi connectivity index (χ1v) is 7.62. The zero-order valence-corrected chi connectivity index (χ0v) is 13.4. The van der Waals surface area contributed by atoms with E-state index in [4.69, 9.17) is 0 Å². The van der Waals surface area contributed by atoms with Crippen LogP contribution < -0.4 is 0 Å². The summed E-state index contributed by atoms with van der Waals surface area (Å²) in [6.45, 7) is 5.66. The van der Waals surface area contributed by atoms with Crippen molar-refractivity contribution < 1.29 is 5.11 Å². The van der Waals surface area contributed by atoms with Crippen LogP contribution in [0.25, 0.3) is 21.5 Å². The van der Waals surface area contributed by atoms with Crippen LogP contribution in [0.1, 0.15) is 25.8 Å². The Hall–Kier alpha value is -2.75. The highest BCUT2D eigenvalue weighted by molar-refractivity contribution is 6.10. The van der Waals surface area contributed by atoms with Crippen LogP contribution in [0.15, 0.2) is 46.6 Å². The number of hydrogen-bond donors (Lipinski definition) is 1. The molecule has 0 aromatic heterocycles. The van der Waals surface area contributed by atoms with Gasteiger partial charge in [0, 0.05) is 22.0 Å². The zero-order valence-electron chi connectivity index (χ0n) is 13.4. The Bertz CT molecular complexity index is 959. The number of benzene rings is 3. The summed E-state index contributed by atoms with van der Waals surface area (Å²) in [5.41, 5.74) is 2.21. The fraction of sp³-hybridized carbons (Fsp3) is 0.211. The molecule has 0 aliphatic carbocycles. The zero-order chi connectivity index (χ0) is 16.6. The molecule has 0 saturated heterocycles. The van der Waals surface area contributed by atoms with Crippen LogP contribution in [0, 0.1) is 11.8 Å². The molecular weight excluding hydrogens is 288 g/mol. The number of phenolic OH excluding ortho intramolecular Hbond substituents is 1. The van der Waals surface area contributed by atoms with Crippen molar-refractivity contribution in [3.8, 4) is 5.75 Å². The molecule has 0 radical (unpaired) electrons. The molecule has 0 atom stereocenters. The van der Waals surface area contributed by atoms with E-state index in [1.165, 1.54) is 0 Å². The second-order valence-corrected chi connectivity index (χ2v) is 5.71. The number of fused-ring (bicyclic) bond motifs is 2. The van der Waals surface area contributed by atoms with Crippen molar-refractivity contribution in [1.82, 2.24) is 0 Å². The van der Waals surface area contributed by atoms with Gasteiger partial charge in [-0.3, -0.25) is 4.99 Å². The molecule has 0 unspecified atom stereocenters. The predicted molar refractivity (Wildman–Crippen MR) is 96.4 cm³/mol. The van der Waals surface area contributed by atoms with Crippen molar-refractivity contribution >= 4 is 38.6 Å². The molecule has 3 aromatic rings. The van der Waals surface area contributed by atoms with Crippen LogP contribution in [-0.4, -0.2) is 10.8 Å². The highest BCUT2D eigenvalue weighted by Crippen LogP contribution is 2.46. The molecule has 0 saturated carbocycles. The van der Waals surface area contributed by atoms with Crippen LogP contribution in [0.5, 0.6) is 5.75 Å². The lowest BCUT2D eigenvalue weighted by atomic mass is 9.98. The van der Waals surface area contributed by atoms with Gasteiger partial charge in [-0.1, -0.05) is 31.2 Å². The summed E-state index contributed by atoms with van der Waals surface area (Å²) in [4.78, 5) is 16.0. The Morgan fingerprint density at radius 3 is 2.26 bits per heavy atom. The lowest BCUT2D eigenvalue weighted by Gasteiger charge is -2.12. The van der Waals surface area contributed by atoms with Gasteiger partial charge in [-0.2, -0.15) is 0 Å². The van der Waals surface area contributed by atoms with Crippen LogP contribution in [0.3, 0.4) is 0 Å². The molecule has 3 aromatic carbocycles. The number of rotatable bonds is 3. The summed E-state index contributed by atoms with van der Waals surface area (Å²) in [6.07, 6.45) is 0.772. The monoisotopic (exact) mass is 306 g/mol. The van der Waals surface area contributed by atoms with E-state index >= 15 is 0 Å². The van der Waals surface area contributed by atoms with E-state index in [-0.39, 0.29) is 11.4 Å². The van der Waals surface area contributed by atoms with Crippen molar-refractivity contribution in [1.29, 1.82) is 0 Å². The van der Waals surface area contributed by atoms with E-state index in [0.29, 0.717) is 22.0 Å². The molecule has 0 bridgehead atoms. The highest BCUT2D eigenvalue weighted by atomic mass is 16.3. The topological polar surface area (TPSA) is 62.0 Å². The van der Waals surface area contributed by atoms with Gasteiger partial charge in [0.1, 0.15) is 11.4 Å². The molecule has 1 N–H and O–H groups in total. The van der Waals surface area contributed by atoms with Gasteiger partial charge < -0.3 is 5.11 Å². The van der Waals surface area contributed by atoms with Gasteiger partial charge in [0.05, 0.1) is 5.69 Å². The second-order valence-electron chi connectivity index (χ2n) is 5.71. The predicted octanol–water partition coefficient (Wildman–Crippen LogP) is 5.91. The van der Waals surface area contributed by atoms with E-state index in [1.807, 2.05) is 50.2 Å². The van der Waals surface area contributed by atoms with Crippen LogP contribution >= 0.6 is 0 Å². The largest absolute Gasteiger partial charge is 0.507 e. The maximum atomic E-state index is 11.5. The molecule has 0 aliphatic heterocycles. The SMILES string of the molecule is CCC(C)=Nc1c(C)c(O)c2cc3ccccc3cc2c1N=O. The molecule has 116 valence electrons. The van der Waals surface area contributed by atoms with Gasteiger partial charge in [-0.25, -0.2) is 0 Å². The molecule has 0 aliphatic rings. The number of aliphatic imine (C=N–C) groups is 1. The summed E-state index contributed by atoms with van der Waals surface area (Å²) < 4.78 is 0. The van der Waals surface area contributed by atoms with Crippen molar-refractivity contribution in [3.63, 3.8) is 0 Å². The first kappa shape index (κ1) is 15.2. The molecule has 4 heteroatoms. The fourth-order valence-corrected chi connectivity index (χ4v) is 2.75. The minimum Gasteiger partial charge on any atom is -0.507 e. The van der Waals surface area contributed by atoms with Gasteiger partial charge >= 0.3 is 0 Å². The number of phenols is 1. The Morgan fingerprint density at radius 1 is 1.09 bits per heavy atom. The molecular formula is C19H18N2O2. The number of aromatic hydroxyl groups is 1. The lowest BCUT2D eigenvalue weighted by Crippen LogP contribution is -1.89. The Balaban J connectivity index is 2.49. The van der Waals surface area contributed by atoms with Crippen LogP contribution in [0.4, 0.5) is 11.4 Å². The van der Waals surface area contributed by atoms with E-state index < -0.39 is 0 Å². The van der Waals surface area contributed by atoms with Crippen LogP contribution in [0.2, 0.25) is 0 Å². The van der Waals surface area contributed by atoms with Crippen molar-refractivity contribution in [2.24, 2.45) is 10.2 Å². The van der Waals surface area contributed by atoms with Crippen molar-refractivity contribution in [3.05, 3.63) is 46.9 Å². The smallest absolute Gasteiger partial charge is 0.141 e. The lowest BCUT2D eigenvalue weighted by molar-refractivity contribution is 0.478. The third kappa shape index (κ3) is 2.46. The average molecular weight is 306 g/mol. The summed E-state index contributed by atoms with van der Waals surface area (Å²) in [6, 6.07) is 11.6. The summed E-state index contributed by atoms with van der Waals surface area (Å²) in [7, 11) is 0. The van der Waals surface area contributed by atoms with Gasteiger partial charge in [-0.15, -0.1) is 4.91 Å². The summed E-state index contributed by atoms with van der Waals surface area (Å²) in [5, 5.41) is 17.1. The Labute approximate surface area is 134 Å². The number of hydrogen-bond acceptors (Lipinski definition) is 4.